The summed E-state index contributed by atoms with van der Waals surface area (Å²) in [6.07, 6.45) is 1.14. The molecule has 1 aliphatic heterocycles. The van der Waals surface area contributed by atoms with Gasteiger partial charge in [0.1, 0.15) is 11.4 Å². The Labute approximate surface area is 164 Å². The Hall–Kier alpha value is -3.13. The molecule has 0 atom stereocenters. The number of hydrogen-bond donors (Lipinski definition) is 1. The zero-order valence-corrected chi connectivity index (χ0v) is 15.4. The van der Waals surface area contributed by atoms with Crippen molar-refractivity contribution >= 4 is 16.8 Å². The van der Waals surface area contributed by atoms with E-state index in [1.54, 1.807) is 27.7 Å². The van der Waals surface area contributed by atoms with Gasteiger partial charge >= 0.3 is 0 Å². The first-order valence-corrected chi connectivity index (χ1v) is 9.08. The molecule has 2 aromatic carbocycles. The van der Waals surface area contributed by atoms with Crippen molar-refractivity contribution in [2.24, 2.45) is 5.73 Å². The molecule has 0 unspecified atom stereocenters. The smallest absolute Gasteiger partial charge is 0.261 e. The van der Waals surface area contributed by atoms with Crippen molar-refractivity contribution in [2.75, 3.05) is 13.1 Å². The molecule has 0 aliphatic carbocycles. The lowest BCUT2D eigenvalue weighted by Gasteiger charge is -2.17. The average Bonchev–Trinajstić information content (AvgIpc) is 3.01. The number of halogens is 3. The summed E-state index contributed by atoms with van der Waals surface area (Å²) in [4.78, 5) is 26.2. The molecule has 1 saturated heterocycles. The zero-order chi connectivity index (χ0) is 20.8. The Morgan fingerprint density at radius 2 is 1.86 bits per heavy atom. The fraction of sp³-hybridized carbons (Fsp3) is 0.238. The van der Waals surface area contributed by atoms with E-state index >= 15 is 0 Å². The van der Waals surface area contributed by atoms with Gasteiger partial charge in [0.25, 0.3) is 11.8 Å². The van der Waals surface area contributed by atoms with Crippen molar-refractivity contribution in [1.82, 2.24) is 9.47 Å². The molecule has 1 aromatic heterocycles. The van der Waals surface area contributed by atoms with E-state index in [2.05, 4.69) is 0 Å². The van der Waals surface area contributed by atoms with Crippen LogP contribution in [0.15, 0.2) is 53.5 Å². The number of carbonyl (C=O) groups excluding carboxylic acids is 1. The summed E-state index contributed by atoms with van der Waals surface area (Å²) >= 11 is 0. The highest BCUT2D eigenvalue weighted by Crippen LogP contribution is 2.28. The van der Waals surface area contributed by atoms with Crippen LogP contribution in [0.5, 0.6) is 0 Å². The van der Waals surface area contributed by atoms with Crippen LogP contribution in [-0.2, 0) is 6.54 Å². The Kier molecular flexibility index (Phi) is 4.66. The molecule has 1 fully saturated rings. The van der Waals surface area contributed by atoms with Crippen LogP contribution in [0.3, 0.4) is 0 Å². The first-order valence-electron chi connectivity index (χ1n) is 9.08. The lowest BCUT2D eigenvalue weighted by molar-refractivity contribution is 0.0115. The van der Waals surface area contributed by atoms with E-state index in [1.165, 1.54) is 30.5 Å². The Bertz CT molecular complexity index is 1160. The van der Waals surface area contributed by atoms with E-state index in [0.29, 0.717) is 16.8 Å². The van der Waals surface area contributed by atoms with E-state index in [9.17, 15) is 22.8 Å². The number of alkyl halides is 2. The van der Waals surface area contributed by atoms with Crippen LogP contribution in [-0.4, -0.2) is 34.4 Å². The quantitative estimate of drug-likeness (QED) is 0.731. The highest BCUT2D eigenvalue weighted by molar-refractivity contribution is 5.96. The summed E-state index contributed by atoms with van der Waals surface area (Å²) in [5, 5.41) is 0.245. The molecule has 0 radical (unpaired) electrons. The van der Waals surface area contributed by atoms with Crippen LogP contribution in [0, 0.1) is 5.82 Å². The lowest BCUT2D eigenvalue weighted by atomic mass is 10.1. The highest BCUT2D eigenvalue weighted by Gasteiger charge is 2.37. The molecule has 0 saturated carbocycles. The molecule has 2 N–H and O–H groups in total. The van der Waals surface area contributed by atoms with Gasteiger partial charge in [-0.3, -0.25) is 14.5 Å². The van der Waals surface area contributed by atoms with Gasteiger partial charge in [-0.2, -0.15) is 0 Å². The third kappa shape index (κ3) is 3.75. The van der Waals surface area contributed by atoms with Gasteiger partial charge in [0.05, 0.1) is 12.1 Å². The highest BCUT2D eigenvalue weighted by atomic mass is 19.3. The number of carbonyl (C=O) groups is 1. The first kappa shape index (κ1) is 19.2. The number of nitrogens with zero attached hydrogens (tertiary/aromatic N) is 2. The third-order valence-corrected chi connectivity index (χ3v) is 5.09. The van der Waals surface area contributed by atoms with Crippen LogP contribution in [0.25, 0.3) is 16.6 Å². The Morgan fingerprint density at radius 1 is 1.14 bits per heavy atom. The Morgan fingerprint density at radius 3 is 2.48 bits per heavy atom. The molecule has 0 bridgehead atoms. The molecule has 1 amide bonds. The van der Waals surface area contributed by atoms with Gasteiger partial charge in [-0.25, -0.2) is 13.2 Å². The fourth-order valence-corrected chi connectivity index (χ4v) is 3.67. The molecule has 2 heterocycles. The molecule has 0 spiro atoms. The molecule has 3 aromatic rings. The SMILES string of the molecule is NC(=O)c1cn(-c2ccc(F)cc2)c2ccc(CN3CCC(F)(F)C3)cc2c1=O. The topological polar surface area (TPSA) is 68.3 Å². The van der Waals surface area contributed by atoms with Crippen LogP contribution < -0.4 is 11.2 Å². The number of hydrogen-bond acceptors (Lipinski definition) is 3. The molecular weight excluding hydrogens is 383 g/mol. The summed E-state index contributed by atoms with van der Waals surface area (Å²) in [6, 6.07) is 10.6. The maximum atomic E-state index is 13.5. The standard InChI is InChI=1S/C21H18F3N3O2/c22-14-2-4-15(5-3-14)27-11-17(20(25)29)19(28)16-9-13(1-6-18(16)27)10-26-8-7-21(23,24)12-26/h1-6,9,11H,7-8,10,12H2,(H2,25,29). The number of nitrogens with two attached hydrogens (primary N) is 1. The number of pyridine rings is 1. The van der Waals surface area contributed by atoms with Crippen LogP contribution in [0.4, 0.5) is 13.2 Å². The Balaban J connectivity index is 1.83. The van der Waals surface area contributed by atoms with E-state index in [4.69, 9.17) is 5.73 Å². The predicted octanol–water partition coefficient (Wildman–Crippen LogP) is 3.07. The fourth-order valence-electron chi connectivity index (χ4n) is 3.67. The summed E-state index contributed by atoms with van der Waals surface area (Å²) in [7, 11) is 0. The summed E-state index contributed by atoms with van der Waals surface area (Å²) in [5.41, 5.74) is 6.37. The van der Waals surface area contributed by atoms with Crippen LogP contribution in [0.2, 0.25) is 0 Å². The molecule has 150 valence electrons. The second kappa shape index (κ2) is 7.04. The minimum Gasteiger partial charge on any atom is -0.365 e. The van der Waals surface area contributed by atoms with Gasteiger partial charge < -0.3 is 10.3 Å². The van der Waals surface area contributed by atoms with E-state index in [-0.39, 0.29) is 37.0 Å². The number of rotatable bonds is 4. The van der Waals surface area contributed by atoms with E-state index in [0.717, 1.165) is 0 Å². The zero-order valence-electron chi connectivity index (χ0n) is 15.4. The number of fused-ring (bicyclic) bond motifs is 1. The third-order valence-electron chi connectivity index (χ3n) is 5.09. The van der Waals surface area contributed by atoms with Crippen molar-refractivity contribution in [3.05, 3.63) is 75.8 Å². The van der Waals surface area contributed by atoms with Crippen molar-refractivity contribution in [1.29, 1.82) is 0 Å². The number of likely N-dealkylation sites (tertiary alicyclic amines) is 1. The second-order valence-electron chi connectivity index (χ2n) is 7.25. The van der Waals surface area contributed by atoms with Crippen molar-refractivity contribution < 1.29 is 18.0 Å². The molecule has 8 heteroatoms. The lowest BCUT2D eigenvalue weighted by Crippen LogP contribution is -2.25. The number of primary amides is 1. The molecule has 1 aliphatic rings. The van der Waals surface area contributed by atoms with Gasteiger partial charge in [-0.1, -0.05) is 6.07 Å². The molecular formula is C21H18F3N3O2. The van der Waals surface area contributed by atoms with E-state index in [1.807, 2.05) is 0 Å². The maximum Gasteiger partial charge on any atom is 0.261 e. The van der Waals surface area contributed by atoms with Crippen molar-refractivity contribution in [3.8, 4) is 5.69 Å². The largest absolute Gasteiger partial charge is 0.365 e. The summed E-state index contributed by atoms with van der Waals surface area (Å²) in [6.45, 7) is 0.209. The van der Waals surface area contributed by atoms with Gasteiger partial charge in [0, 0.05) is 36.8 Å². The maximum absolute atomic E-state index is 13.5. The molecule has 5 nitrogen and oxygen atoms in total. The monoisotopic (exact) mass is 401 g/mol. The predicted molar refractivity (Wildman–Crippen MR) is 103 cm³/mol. The van der Waals surface area contributed by atoms with Crippen LogP contribution in [0.1, 0.15) is 22.3 Å². The van der Waals surface area contributed by atoms with Gasteiger partial charge in [-0.15, -0.1) is 0 Å². The average molecular weight is 401 g/mol. The molecule has 4 rings (SSSR count). The number of aromatic nitrogens is 1. The van der Waals surface area contributed by atoms with Gasteiger partial charge in [-0.05, 0) is 42.0 Å². The second-order valence-corrected chi connectivity index (χ2v) is 7.25. The number of benzene rings is 2. The van der Waals surface area contributed by atoms with Gasteiger partial charge in [0.2, 0.25) is 5.43 Å². The van der Waals surface area contributed by atoms with Gasteiger partial charge in [0.15, 0.2) is 0 Å². The summed E-state index contributed by atoms with van der Waals surface area (Å²) < 4.78 is 41.8. The van der Waals surface area contributed by atoms with Crippen molar-refractivity contribution in [2.45, 2.75) is 18.9 Å². The molecule has 29 heavy (non-hydrogen) atoms. The minimum atomic E-state index is -2.70. The van der Waals surface area contributed by atoms with E-state index < -0.39 is 23.1 Å². The first-order chi connectivity index (χ1) is 13.7. The normalized spacial score (nSPS) is 16.4. The van der Waals surface area contributed by atoms with Crippen molar-refractivity contribution in [3.63, 3.8) is 0 Å². The summed E-state index contributed by atoms with van der Waals surface area (Å²) in [5.74, 6) is -4.00. The number of amides is 1. The minimum absolute atomic E-state index is 0.191. The van der Waals surface area contributed by atoms with Crippen LogP contribution >= 0.6 is 0 Å².